The third kappa shape index (κ3) is 3.52. The zero-order chi connectivity index (χ0) is 13.7. The molecule has 1 unspecified atom stereocenters. The van der Waals surface area contributed by atoms with E-state index in [4.69, 9.17) is 5.73 Å². The third-order valence-corrected chi connectivity index (χ3v) is 2.20. The van der Waals surface area contributed by atoms with Crippen LogP contribution in [0.15, 0.2) is 0 Å². The zero-order valence-corrected chi connectivity index (χ0v) is 10.6. The molecule has 0 fully saturated rings. The summed E-state index contributed by atoms with van der Waals surface area (Å²) < 4.78 is 4.68. The van der Waals surface area contributed by atoms with Crippen LogP contribution in [0.5, 0.6) is 0 Å². The molecule has 0 aliphatic carbocycles. The molecule has 1 atom stereocenters. The van der Waals surface area contributed by atoms with Crippen LogP contribution in [0.25, 0.3) is 0 Å². The average molecular weight is 255 g/mol. The lowest BCUT2D eigenvalue weighted by atomic mass is 10.3. The minimum atomic E-state index is -1.31. The topological polar surface area (TPSA) is 114 Å². The summed E-state index contributed by atoms with van der Waals surface area (Å²) in [7, 11) is 1.52. The maximum atomic E-state index is 11.8. The minimum Gasteiger partial charge on any atom is -0.464 e. The van der Waals surface area contributed by atoms with Gasteiger partial charge < -0.3 is 15.4 Å². The first-order valence-corrected chi connectivity index (χ1v) is 5.50. The van der Waals surface area contributed by atoms with E-state index in [1.807, 2.05) is 0 Å². The maximum absolute atomic E-state index is 11.8. The van der Waals surface area contributed by atoms with Crippen LogP contribution in [0.2, 0.25) is 0 Å². The average Bonchev–Trinajstić information content (AvgIpc) is 2.73. The highest BCUT2D eigenvalue weighted by atomic mass is 16.5. The molecule has 18 heavy (non-hydrogen) atoms. The molecule has 0 radical (unpaired) electrons. The van der Waals surface area contributed by atoms with Crippen LogP contribution >= 0.6 is 0 Å². The van der Waals surface area contributed by atoms with Crippen LogP contribution < -0.4 is 5.73 Å². The highest BCUT2D eigenvalue weighted by Crippen LogP contribution is 2.00. The number of nitrogens with one attached hydrogen (secondary N) is 1. The second-order valence-electron chi connectivity index (χ2n) is 3.76. The molecule has 1 aromatic rings. The predicted octanol–water partition coefficient (Wildman–Crippen LogP) is -1.04. The monoisotopic (exact) mass is 255 g/mol. The van der Waals surface area contributed by atoms with Gasteiger partial charge in [0, 0.05) is 7.05 Å². The van der Waals surface area contributed by atoms with Crippen molar-refractivity contribution >= 4 is 11.9 Å². The second kappa shape index (κ2) is 6.10. The van der Waals surface area contributed by atoms with Gasteiger partial charge in [0.25, 0.3) is 5.91 Å². The molecule has 8 heteroatoms. The van der Waals surface area contributed by atoms with Gasteiger partial charge in [-0.15, -0.1) is 0 Å². The number of aromatic nitrogens is 3. The van der Waals surface area contributed by atoms with Gasteiger partial charge in [-0.3, -0.25) is 9.89 Å². The number of likely N-dealkylation sites (N-methyl/N-ethyl adjacent to an activating group) is 1. The Balaban J connectivity index is 2.58. The number of aryl methyl sites for hydroxylation is 1. The van der Waals surface area contributed by atoms with Crippen molar-refractivity contribution in [1.82, 2.24) is 20.1 Å². The molecule has 8 nitrogen and oxygen atoms in total. The maximum Gasteiger partial charge on any atom is 0.332 e. The molecule has 3 N–H and O–H groups in total. The van der Waals surface area contributed by atoms with Gasteiger partial charge in [0.15, 0.2) is 11.9 Å². The fourth-order valence-electron chi connectivity index (χ4n) is 1.32. The van der Waals surface area contributed by atoms with Gasteiger partial charge in [-0.2, -0.15) is 5.10 Å². The summed E-state index contributed by atoms with van der Waals surface area (Å²) >= 11 is 0. The van der Waals surface area contributed by atoms with Crippen LogP contribution in [0.3, 0.4) is 0 Å². The smallest absolute Gasteiger partial charge is 0.332 e. The fraction of sp³-hybridized carbons (Fsp3) is 0.600. The molecule has 0 saturated heterocycles. The molecule has 0 aliphatic heterocycles. The van der Waals surface area contributed by atoms with E-state index in [0.717, 1.165) is 0 Å². The SMILES string of the molecule is CCOC(=O)C(N)C(=O)N(C)Cc1n[nH]c(C)n1. The van der Waals surface area contributed by atoms with E-state index in [-0.39, 0.29) is 13.2 Å². The molecule has 1 rings (SSSR count). The van der Waals surface area contributed by atoms with Crippen molar-refractivity contribution in [3.05, 3.63) is 11.6 Å². The van der Waals surface area contributed by atoms with Crippen molar-refractivity contribution in [2.75, 3.05) is 13.7 Å². The number of nitrogens with zero attached hydrogens (tertiary/aromatic N) is 3. The molecule has 100 valence electrons. The first kappa shape index (κ1) is 14.1. The highest BCUT2D eigenvalue weighted by Gasteiger charge is 2.26. The fourth-order valence-corrected chi connectivity index (χ4v) is 1.32. The van der Waals surface area contributed by atoms with E-state index in [2.05, 4.69) is 19.9 Å². The summed E-state index contributed by atoms with van der Waals surface area (Å²) in [4.78, 5) is 28.5. The van der Waals surface area contributed by atoms with Gasteiger partial charge in [0.05, 0.1) is 13.2 Å². The number of aromatic amines is 1. The molecular formula is C10H17N5O3. The van der Waals surface area contributed by atoms with Crippen molar-refractivity contribution in [2.45, 2.75) is 26.4 Å². The summed E-state index contributed by atoms with van der Waals surface area (Å²) in [6, 6.07) is -1.31. The number of carbonyl (C=O) groups is 2. The Hall–Kier alpha value is -1.96. The Morgan fingerprint density at radius 3 is 2.72 bits per heavy atom. The van der Waals surface area contributed by atoms with E-state index < -0.39 is 17.9 Å². The van der Waals surface area contributed by atoms with Crippen molar-refractivity contribution in [1.29, 1.82) is 0 Å². The van der Waals surface area contributed by atoms with E-state index in [1.165, 1.54) is 11.9 Å². The summed E-state index contributed by atoms with van der Waals surface area (Å²) in [5, 5.41) is 6.55. The Bertz CT molecular complexity index is 431. The van der Waals surface area contributed by atoms with E-state index in [1.54, 1.807) is 13.8 Å². The molecule has 0 aromatic carbocycles. The molecule has 1 heterocycles. The number of rotatable bonds is 5. The number of carbonyl (C=O) groups excluding carboxylic acids is 2. The normalized spacial score (nSPS) is 12.0. The van der Waals surface area contributed by atoms with Crippen LogP contribution in [-0.2, 0) is 20.9 Å². The second-order valence-corrected chi connectivity index (χ2v) is 3.76. The Morgan fingerprint density at radius 2 is 2.22 bits per heavy atom. The third-order valence-electron chi connectivity index (χ3n) is 2.20. The first-order chi connectivity index (χ1) is 8.45. The Kier molecular flexibility index (Phi) is 4.78. The number of hydrogen-bond donors (Lipinski definition) is 2. The van der Waals surface area contributed by atoms with Gasteiger partial charge in [-0.05, 0) is 13.8 Å². The number of nitrogens with two attached hydrogens (primary N) is 1. The van der Waals surface area contributed by atoms with Crippen molar-refractivity contribution < 1.29 is 14.3 Å². The summed E-state index contributed by atoms with van der Waals surface area (Å²) in [6.07, 6.45) is 0. The molecule has 0 saturated carbocycles. The molecule has 0 bridgehead atoms. The number of amides is 1. The number of ether oxygens (including phenoxy) is 1. The van der Waals surface area contributed by atoms with Crippen LogP contribution in [0, 0.1) is 6.92 Å². The Morgan fingerprint density at radius 1 is 1.56 bits per heavy atom. The van der Waals surface area contributed by atoms with Crippen molar-refractivity contribution in [3.8, 4) is 0 Å². The van der Waals surface area contributed by atoms with Crippen LogP contribution in [0.1, 0.15) is 18.6 Å². The number of H-pyrrole nitrogens is 1. The van der Waals surface area contributed by atoms with Gasteiger partial charge in [0.2, 0.25) is 0 Å². The van der Waals surface area contributed by atoms with Crippen molar-refractivity contribution in [3.63, 3.8) is 0 Å². The summed E-state index contributed by atoms with van der Waals surface area (Å²) in [5.74, 6) is -0.156. The lowest BCUT2D eigenvalue weighted by Crippen LogP contribution is -2.47. The highest BCUT2D eigenvalue weighted by molar-refractivity contribution is 6.01. The van der Waals surface area contributed by atoms with Crippen molar-refractivity contribution in [2.24, 2.45) is 5.73 Å². The van der Waals surface area contributed by atoms with Gasteiger partial charge in [0.1, 0.15) is 5.82 Å². The van der Waals surface area contributed by atoms with E-state index in [9.17, 15) is 9.59 Å². The minimum absolute atomic E-state index is 0.177. The quantitative estimate of drug-likeness (QED) is 0.513. The van der Waals surface area contributed by atoms with E-state index >= 15 is 0 Å². The molecule has 0 spiro atoms. The largest absolute Gasteiger partial charge is 0.464 e. The van der Waals surface area contributed by atoms with Gasteiger partial charge >= 0.3 is 5.97 Å². The van der Waals surface area contributed by atoms with Gasteiger partial charge in [-0.1, -0.05) is 0 Å². The summed E-state index contributed by atoms with van der Waals surface area (Å²) in [5.41, 5.74) is 5.49. The number of esters is 1. The standard InChI is InChI=1S/C10H17N5O3/c1-4-18-10(17)8(11)9(16)15(3)5-7-12-6(2)13-14-7/h8H,4-5,11H2,1-3H3,(H,12,13,14). The summed E-state index contributed by atoms with van der Waals surface area (Å²) in [6.45, 7) is 3.76. The molecule has 1 aromatic heterocycles. The lowest BCUT2D eigenvalue weighted by molar-refractivity contribution is -0.150. The molecule has 0 aliphatic rings. The molecular weight excluding hydrogens is 238 g/mol. The predicted molar refractivity (Wildman–Crippen MR) is 62.2 cm³/mol. The lowest BCUT2D eigenvalue weighted by Gasteiger charge is -2.18. The van der Waals surface area contributed by atoms with Gasteiger partial charge in [-0.25, -0.2) is 9.78 Å². The van der Waals surface area contributed by atoms with E-state index in [0.29, 0.717) is 11.6 Å². The number of hydrogen-bond acceptors (Lipinski definition) is 6. The van der Waals surface area contributed by atoms with Crippen LogP contribution in [0.4, 0.5) is 0 Å². The first-order valence-electron chi connectivity index (χ1n) is 5.50. The zero-order valence-electron chi connectivity index (χ0n) is 10.6. The van der Waals surface area contributed by atoms with Crippen LogP contribution in [-0.4, -0.2) is 51.7 Å². The molecule has 1 amide bonds. The Labute approximate surface area is 105 Å².